The second-order valence-corrected chi connectivity index (χ2v) is 6.90. The van der Waals surface area contributed by atoms with E-state index in [2.05, 4.69) is 4.72 Å². The van der Waals surface area contributed by atoms with E-state index in [1.807, 2.05) is 0 Å². The van der Waals surface area contributed by atoms with Crippen LogP contribution in [0.3, 0.4) is 0 Å². The molecule has 1 unspecified atom stereocenters. The van der Waals surface area contributed by atoms with E-state index >= 15 is 0 Å². The Balaban J connectivity index is 2.09. The molecule has 0 aliphatic heterocycles. The molecule has 0 aliphatic carbocycles. The molecule has 7 heteroatoms. The van der Waals surface area contributed by atoms with Crippen LogP contribution in [0.2, 0.25) is 5.02 Å². The zero-order valence-electron chi connectivity index (χ0n) is 11.6. The number of hydrogen-bond acceptors (Lipinski definition) is 4. The predicted molar refractivity (Wildman–Crippen MR) is 79.8 cm³/mol. The van der Waals surface area contributed by atoms with Crippen LogP contribution in [0.15, 0.2) is 39.6 Å². The minimum Gasteiger partial charge on any atom is -0.464 e. The van der Waals surface area contributed by atoms with Crippen molar-refractivity contribution in [3.63, 3.8) is 0 Å². The Morgan fingerprint density at radius 3 is 2.57 bits per heavy atom. The average Bonchev–Trinajstić information content (AvgIpc) is 2.86. The molecule has 1 heterocycles. The summed E-state index contributed by atoms with van der Waals surface area (Å²) in [6.45, 7) is 3.35. The molecule has 0 saturated carbocycles. The second-order valence-electron chi connectivity index (χ2n) is 4.73. The maximum atomic E-state index is 12.1. The SMILES string of the molecule is Cc1ccc(C(O)CNS(=O)(=O)c2ccc(C)c(Cl)c2)o1. The van der Waals surface area contributed by atoms with Gasteiger partial charge in [-0.3, -0.25) is 0 Å². The molecule has 2 rings (SSSR count). The lowest BCUT2D eigenvalue weighted by molar-refractivity contribution is 0.152. The molecule has 0 saturated heterocycles. The summed E-state index contributed by atoms with van der Waals surface area (Å²) in [6, 6.07) is 7.78. The van der Waals surface area contributed by atoms with Crippen LogP contribution in [0.25, 0.3) is 0 Å². The lowest BCUT2D eigenvalue weighted by Crippen LogP contribution is -2.28. The summed E-state index contributed by atoms with van der Waals surface area (Å²) in [5.41, 5.74) is 0.793. The monoisotopic (exact) mass is 329 g/mol. The molecule has 21 heavy (non-hydrogen) atoms. The molecule has 2 N–H and O–H groups in total. The van der Waals surface area contributed by atoms with Crippen molar-refractivity contribution in [3.05, 3.63) is 52.4 Å². The molecule has 0 aliphatic rings. The first-order valence-corrected chi connectivity index (χ1v) is 8.16. The summed E-state index contributed by atoms with van der Waals surface area (Å²) >= 11 is 5.92. The van der Waals surface area contributed by atoms with E-state index in [9.17, 15) is 13.5 Å². The van der Waals surface area contributed by atoms with Crippen LogP contribution in [0, 0.1) is 13.8 Å². The Hall–Kier alpha value is -1.34. The molecule has 0 spiro atoms. The third-order valence-corrected chi connectivity index (χ3v) is 4.84. The van der Waals surface area contributed by atoms with E-state index in [1.54, 1.807) is 32.0 Å². The van der Waals surface area contributed by atoms with Gasteiger partial charge in [0.2, 0.25) is 10.0 Å². The van der Waals surface area contributed by atoms with Gasteiger partial charge >= 0.3 is 0 Å². The van der Waals surface area contributed by atoms with Crippen molar-refractivity contribution in [2.75, 3.05) is 6.54 Å². The highest BCUT2D eigenvalue weighted by atomic mass is 35.5. The number of aliphatic hydroxyl groups is 1. The van der Waals surface area contributed by atoms with Gasteiger partial charge in [-0.1, -0.05) is 17.7 Å². The summed E-state index contributed by atoms with van der Waals surface area (Å²) in [5.74, 6) is 0.967. The first-order chi connectivity index (χ1) is 9.79. The van der Waals surface area contributed by atoms with Gasteiger partial charge < -0.3 is 9.52 Å². The molecule has 0 fully saturated rings. The Morgan fingerprint density at radius 2 is 2.00 bits per heavy atom. The van der Waals surface area contributed by atoms with Crippen molar-refractivity contribution in [2.24, 2.45) is 0 Å². The van der Waals surface area contributed by atoms with Gasteiger partial charge in [0.05, 0.1) is 4.90 Å². The number of aryl methyl sites for hydroxylation is 2. The van der Waals surface area contributed by atoms with Crippen LogP contribution in [-0.2, 0) is 10.0 Å². The fourth-order valence-corrected chi connectivity index (χ4v) is 3.06. The van der Waals surface area contributed by atoms with Gasteiger partial charge in [0.15, 0.2) is 0 Å². The second kappa shape index (κ2) is 6.19. The molecule has 1 aromatic carbocycles. The summed E-state index contributed by atoms with van der Waals surface area (Å²) in [4.78, 5) is 0.0564. The fourth-order valence-electron chi connectivity index (χ4n) is 1.75. The quantitative estimate of drug-likeness (QED) is 0.883. The number of rotatable bonds is 5. The molecule has 5 nitrogen and oxygen atoms in total. The highest BCUT2D eigenvalue weighted by Crippen LogP contribution is 2.21. The third-order valence-electron chi connectivity index (χ3n) is 3.01. The van der Waals surface area contributed by atoms with E-state index in [1.165, 1.54) is 12.1 Å². The van der Waals surface area contributed by atoms with Crippen molar-refractivity contribution in [3.8, 4) is 0 Å². The highest BCUT2D eigenvalue weighted by molar-refractivity contribution is 7.89. The lowest BCUT2D eigenvalue weighted by atomic mass is 10.2. The topological polar surface area (TPSA) is 79.5 Å². The van der Waals surface area contributed by atoms with Crippen molar-refractivity contribution < 1.29 is 17.9 Å². The summed E-state index contributed by atoms with van der Waals surface area (Å²) < 4.78 is 31.8. The Bertz CT molecular complexity index is 739. The van der Waals surface area contributed by atoms with E-state index in [4.69, 9.17) is 16.0 Å². The summed E-state index contributed by atoms with van der Waals surface area (Å²) in [7, 11) is -3.73. The predicted octanol–water partition coefficient (Wildman–Crippen LogP) is 2.56. The summed E-state index contributed by atoms with van der Waals surface area (Å²) in [5, 5.41) is 10.3. The van der Waals surface area contributed by atoms with Crippen LogP contribution in [0.1, 0.15) is 23.2 Å². The van der Waals surface area contributed by atoms with Gasteiger partial charge in [0.25, 0.3) is 0 Å². The third kappa shape index (κ3) is 3.85. The van der Waals surface area contributed by atoms with Gasteiger partial charge in [-0.25, -0.2) is 13.1 Å². The molecular formula is C14H16ClNO4S. The molecule has 1 atom stereocenters. The van der Waals surface area contributed by atoms with Crippen LogP contribution < -0.4 is 4.72 Å². The zero-order chi connectivity index (χ0) is 15.6. The standard InChI is InChI=1S/C14H16ClNO4S/c1-9-3-5-11(7-12(9)15)21(18,19)16-8-13(17)14-6-4-10(2)20-14/h3-7,13,16-17H,8H2,1-2H3. The number of furan rings is 1. The largest absolute Gasteiger partial charge is 0.464 e. The minimum absolute atomic E-state index is 0.0564. The normalized spacial score (nSPS) is 13.3. The number of benzene rings is 1. The molecule has 0 radical (unpaired) electrons. The smallest absolute Gasteiger partial charge is 0.240 e. The fraction of sp³-hybridized carbons (Fsp3) is 0.286. The van der Waals surface area contributed by atoms with Crippen molar-refractivity contribution in [1.29, 1.82) is 0 Å². The Kier molecular flexibility index (Phi) is 4.73. The first kappa shape index (κ1) is 16.0. The van der Waals surface area contributed by atoms with Gasteiger partial charge in [0.1, 0.15) is 17.6 Å². The number of aliphatic hydroxyl groups excluding tert-OH is 1. The van der Waals surface area contributed by atoms with Crippen molar-refractivity contribution in [1.82, 2.24) is 4.72 Å². The van der Waals surface area contributed by atoms with E-state index < -0.39 is 16.1 Å². The van der Waals surface area contributed by atoms with Gasteiger partial charge in [-0.15, -0.1) is 0 Å². The number of hydrogen-bond donors (Lipinski definition) is 2. The first-order valence-electron chi connectivity index (χ1n) is 6.30. The molecule has 0 amide bonds. The van der Waals surface area contributed by atoms with Crippen LogP contribution in [-0.4, -0.2) is 20.1 Å². The van der Waals surface area contributed by atoms with Crippen LogP contribution in [0.4, 0.5) is 0 Å². The van der Waals surface area contributed by atoms with Crippen LogP contribution in [0.5, 0.6) is 0 Å². The zero-order valence-corrected chi connectivity index (χ0v) is 13.2. The molecule has 2 aromatic rings. The maximum absolute atomic E-state index is 12.1. The minimum atomic E-state index is -3.73. The van der Waals surface area contributed by atoms with Crippen molar-refractivity contribution >= 4 is 21.6 Å². The molecule has 0 bridgehead atoms. The van der Waals surface area contributed by atoms with Crippen molar-refractivity contribution in [2.45, 2.75) is 24.8 Å². The Morgan fingerprint density at radius 1 is 1.29 bits per heavy atom. The number of nitrogens with one attached hydrogen (secondary N) is 1. The maximum Gasteiger partial charge on any atom is 0.240 e. The van der Waals surface area contributed by atoms with E-state index in [0.717, 1.165) is 5.56 Å². The Labute approximate surface area is 128 Å². The molecule has 1 aromatic heterocycles. The highest BCUT2D eigenvalue weighted by Gasteiger charge is 2.19. The van der Waals surface area contributed by atoms with Gasteiger partial charge in [0, 0.05) is 11.6 Å². The van der Waals surface area contributed by atoms with E-state index in [0.29, 0.717) is 16.5 Å². The average molecular weight is 330 g/mol. The molecular weight excluding hydrogens is 314 g/mol. The summed E-state index contributed by atoms with van der Waals surface area (Å²) in [6.07, 6.45) is -1.05. The number of sulfonamides is 1. The number of halogens is 1. The molecule has 114 valence electrons. The lowest BCUT2D eigenvalue weighted by Gasteiger charge is -2.11. The van der Waals surface area contributed by atoms with Gasteiger partial charge in [-0.2, -0.15) is 0 Å². The van der Waals surface area contributed by atoms with Gasteiger partial charge in [-0.05, 0) is 43.7 Å². The van der Waals surface area contributed by atoms with E-state index in [-0.39, 0.29) is 11.4 Å². The van der Waals surface area contributed by atoms with Crippen LogP contribution >= 0.6 is 11.6 Å².